The van der Waals surface area contributed by atoms with Crippen molar-refractivity contribution in [1.82, 2.24) is 4.98 Å². The number of nitrogens with one attached hydrogen (secondary N) is 1. The molecule has 0 saturated heterocycles. The highest BCUT2D eigenvalue weighted by Gasteiger charge is 2.18. The Morgan fingerprint density at radius 3 is 2.52 bits per heavy atom. The van der Waals surface area contributed by atoms with E-state index in [0.29, 0.717) is 0 Å². The SMILES string of the molecule is COc1c(C)ccc(NCc2csc(C(C)(C)C)n2)c1C. The number of aryl methyl sites for hydroxylation is 1. The summed E-state index contributed by atoms with van der Waals surface area (Å²) in [5, 5.41) is 6.77. The maximum absolute atomic E-state index is 5.46. The zero-order valence-electron chi connectivity index (χ0n) is 13.7. The maximum atomic E-state index is 5.46. The number of anilines is 1. The number of benzene rings is 1. The van der Waals surface area contributed by atoms with Crippen LogP contribution in [0.15, 0.2) is 17.5 Å². The van der Waals surface area contributed by atoms with Crippen molar-refractivity contribution < 1.29 is 4.74 Å². The topological polar surface area (TPSA) is 34.1 Å². The molecule has 1 heterocycles. The van der Waals surface area contributed by atoms with Crippen molar-refractivity contribution in [2.75, 3.05) is 12.4 Å². The summed E-state index contributed by atoms with van der Waals surface area (Å²) in [5.74, 6) is 0.952. The Morgan fingerprint density at radius 1 is 1.24 bits per heavy atom. The number of rotatable bonds is 4. The molecule has 1 aromatic carbocycles. The lowest BCUT2D eigenvalue weighted by Crippen LogP contribution is -2.11. The average Bonchev–Trinajstić information content (AvgIpc) is 2.87. The molecule has 0 fully saturated rings. The van der Waals surface area contributed by atoms with E-state index in [4.69, 9.17) is 9.72 Å². The summed E-state index contributed by atoms with van der Waals surface area (Å²) >= 11 is 1.73. The quantitative estimate of drug-likeness (QED) is 0.890. The normalized spacial score (nSPS) is 11.5. The van der Waals surface area contributed by atoms with Gasteiger partial charge in [0.2, 0.25) is 0 Å². The molecule has 0 unspecified atom stereocenters. The number of hydrogen-bond acceptors (Lipinski definition) is 4. The van der Waals surface area contributed by atoms with Gasteiger partial charge in [0.15, 0.2) is 0 Å². The molecule has 0 aliphatic heterocycles. The number of thiazole rings is 1. The van der Waals surface area contributed by atoms with Gasteiger partial charge in [-0.1, -0.05) is 26.8 Å². The highest BCUT2D eigenvalue weighted by Crippen LogP contribution is 2.30. The Balaban J connectivity index is 2.12. The number of nitrogens with zero attached hydrogens (tertiary/aromatic N) is 1. The minimum atomic E-state index is 0.117. The van der Waals surface area contributed by atoms with Crippen LogP contribution in [-0.2, 0) is 12.0 Å². The fourth-order valence-corrected chi connectivity index (χ4v) is 3.16. The van der Waals surface area contributed by atoms with Crippen molar-refractivity contribution in [1.29, 1.82) is 0 Å². The summed E-state index contributed by atoms with van der Waals surface area (Å²) in [4.78, 5) is 4.71. The molecule has 114 valence electrons. The van der Waals surface area contributed by atoms with Gasteiger partial charge in [-0.2, -0.15) is 0 Å². The van der Waals surface area contributed by atoms with E-state index in [0.717, 1.165) is 34.8 Å². The molecule has 0 saturated carbocycles. The van der Waals surface area contributed by atoms with Crippen LogP contribution in [0.1, 0.15) is 42.6 Å². The molecule has 0 spiro atoms. The van der Waals surface area contributed by atoms with Crippen LogP contribution in [-0.4, -0.2) is 12.1 Å². The lowest BCUT2D eigenvalue weighted by atomic mass is 9.98. The third-order valence-electron chi connectivity index (χ3n) is 3.46. The number of aromatic nitrogens is 1. The second-order valence-electron chi connectivity index (χ2n) is 6.34. The average molecular weight is 304 g/mol. The summed E-state index contributed by atoms with van der Waals surface area (Å²) in [6.07, 6.45) is 0. The minimum absolute atomic E-state index is 0.117. The number of ether oxygens (including phenoxy) is 1. The van der Waals surface area contributed by atoms with Gasteiger partial charge >= 0.3 is 0 Å². The standard InChI is InChI=1S/C17H24N2OS/c1-11-7-8-14(12(2)15(11)20-6)18-9-13-10-21-16(19-13)17(3,4)5/h7-8,10,18H,9H2,1-6H3. The monoisotopic (exact) mass is 304 g/mol. The van der Waals surface area contributed by atoms with Gasteiger partial charge in [-0.05, 0) is 25.5 Å². The highest BCUT2D eigenvalue weighted by atomic mass is 32.1. The number of methoxy groups -OCH3 is 1. The molecule has 0 radical (unpaired) electrons. The van der Waals surface area contributed by atoms with E-state index in [2.05, 4.69) is 57.4 Å². The van der Waals surface area contributed by atoms with Gasteiger partial charge in [-0.15, -0.1) is 11.3 Å². The van der Waals surface area contributed by atoms with Gasteiger partial charge in [0.25, 0.3) is 0 Å². The summed E-state index contributed by atoms with van der Waals surface area (Å²) in [6, 6.07) is 4.18. The van der Waals surface area contributed by atoms with Crippen LogP contribution < -0.4 is 10.1 Å². The maximum Gasteiger partial charge on any atom is 0.126 e. The molecule has 0 aliphatic carbocycles. The van der Waals surface area contributed by atoms with Gasteiger partial charge < -0.3 is 10.1 Å². The predicted molar refractivity (Wildman–Crippen MR) is 90.6 cm³/mol. The van der Waals surface area contributed by atoms with Crippen LogP contribution in [0.4, 0.5) is 5.69 Å². The fourth-order valence-electron chi connectivity index (χ4n) is 2.25. The second kappa shape index (κ2) is 6.06. The molecule has 2 aromatic rings. The first kappa shape index (κ1) is 15.8. The molecule has 2 rings (SSSR count). The van der Waals surface area contributed by atoms with Crippen LogP contribution >= 0.6 is 11.3 Å². The molecular formula is C17H24N2OS. The zero-order valence-corrected chi connectivity index (χ0v) is 14.5. The zero-order chi connectivity index (χ0) is 15.6. The first-order valence-corrected chi connectivity index (χ1v) is 8.04. The molecule has 1 N–H and O–H groups in total. The molecule has 0 bridgehead atoms. The third-order valence-corrected chi connectivity index (χ3v) is 4.78. The van der Waals surface area contributed by atoms with E-state index in [1.807, 2.05) is 0 Å². The van der Waals surface area contributed by atoms with Crippen molar-refractivity contribution in [3.8, 4) is 5.75 Å². The number of hydrogen-bond donors (Lipinski definition) is 1. The van der Waals surface area contributed by atoms with Crippen molar-refractivity contribution in [3.05, 3.63) is 39.3 Å². The molecule has 1 aromatic heterocycles. The van der Waals surface area contributed by atoms with E-state index >= 15 is 0 Å². The van der Waals surface area contributed by atoms with Crippen LogP contribution in [0.2, 0.25) is 0 Å². The van der Waals surface area contributed by atoms with Crippen LogP contribution in [0.25, 0.3) is 0 Å². The summed E-state index contributed by atoms with van der Waals surface area (Å²) in [5.41, 5.74) is 4.60. The third kappa shape index (κ3) is 3.56. The van der Waals surface area contributed by atoms with Gasteiger partial charge in [0, 0.05) is 22.0 Å². The largest absolute Gasteiger partial charge is 0.496 e. The molecule has 3 nitrogen and oxygen atoms in total. The van der Waals surface area contributed by atoms with Gasteiger partial charge in [-0.3, -0.25) is 0 Å². The Hall–Kier alpha value is -1.55. The van der Waals surface area contributed by atoms with Crippen LogP contribution in [0, 0.1) is 13.8 Å². The van der Waals surface area contributed by atoms with E-state index in [1.54, 1.807) is 18.4 Å². The molecular weight excluding hydrogens is 280 g/mol. The molecule has 0 amide bonds. The lowest BCUT2D eigenvalue weighted by molar-refractivity contribution is 0.409. The molecule has 4 heteroatoms. The van der Waals surface area contributed by atoms with E-state index in [-0.39, 0.29) is 5.41 Å². The van der Waals surface area contributed by atoms with Gasteiger partial charge in [-0.25, -0.2) is 4.98 Å². The van der Waals surface area contributed by atoms with Gasteiger partial charge in [0.05, 0.1) is 24.4 Å². The summed E-state index contributed by atoms with van der Waals surface area (Å²) < 4.78 is 5.46. The van der Waals surface area contributed by atoms with E-state index in [1.165, 1.54) is 5.01 Å². The second-order valence-corrected chi connectivity index (χ2v) is 7.19. The van der Waals surface area contributed by atoms with Crippen molar-refractivity contribution in [2.45, 2.75) is 46.6 Å². The Bertz CT molecular complexity index is 626. The van der Waals surface area contributed by atoms with Gasteiger partial charge in [0.1, 0.15) is 5.75 Å². The lowest BCUT2D eigenvalue weighted by Gasteiger charge is -2.15. The van der Waals surface area contributed by atoms with E-state index in [9.17, 15) is 0 Å². The Morgan fingerprint density at radius 2 is 1.95 bits per heavy atom. The predicted octanol–water partition coefficient (Wildman–Crippen LogP) is 4.68. The summed E-state index contributed by atoms with van der Waals surface area (Å²) in [6.45, 7) is 11.5. The molecule has 21 heavy (non-hydrogen) atoms. The van der Waals surface area contributed by atoms with Crippen molar-refractivity contribution >= 4 is 17.0 Å². The van der Waals surface area contributed by atoms with Crippen LogP contribution in [0.5, 0.6) is 5.75 Å². The smallest absolute Gasteiger partial charge is 0.126 e. The highest BCUT2D eigenvalue weighted by molar-refractivity contribution is 7.09. The van der Waals surface area contributed by atoms with Crippen molar-refractivity contribution in [2.24, 2.45) is 0 Å². The fraction of sp³-hybridized carbons (Fsp3) is 0.471. The first-order chi connectivity index (χ1) is 9.82. The Kier molecular flexibility index (Phi) is 4.57. The summed E-state index contributed by atoms with van der Waals surface area (Å²) in [7, 11) is 1.72. The van der Waals surface area contributed by atoms with E-state index < -0.39 is 0 Å². The van der Waals surface area contributed by atoms with Crippen LogP contribution in [0.3, 0.4) is 0 Å². The van der Waals surface area contributed by atoms with Crippen molar-refractivity contribution in [3.63, 3.8) is 0 Å². The minimum Gasteiger partial charge on any atom is -0.496 e. The molecule has 0 atom stereocenters. The Labute approximate surface area is 131 Å². The molecule has 0 aliphatic rings. The first-order valence-electron chi connectivity index (χ1n) is 7.16.